The molecule has 0 heterocycles. The summed E-state index contributed by atoms with van der Waals surface area (Å²) in [5.74, 6) is -2.51. The maximum absolute atomic E-state index is 11.3. The SMILES string of the molecule is CCO[PH](=O)C(OC(=O)OC)C(=O)OC. The first-order valence-corrected chi connectivity index (χ1v) is 5.45. The summed E-state index contributed by atoms with van der Waals surface area (Å²) in [7, 11) is -0.698. The summed E-state index contributed by atoms with van der Waals surface area (Å²) in [5, 5.41) is 0. The fourth-order valence-corrected chi connectivity index (χ4v) is 1.60. The van der Waals surface area contributed by atoms with Gasteiger partial charge in [0.25, 0.3) is 5.85 Å². The molecular formula is C7H13O7P. The van der Waals surface area contributed by atoms with Crippen LogP contribution in [-0.4, -0.2) is 38.8 Å². The van der Waals surface area contributed by atoms with E-state index >= 15 is 0 Å². The monoisotopic (exact) mass is 240 g/mol. The van der Waals surface area contributed by atoms with Crippen LogP contribution in [0.3, 0.4) is 0 Å². The van der Waals surface area contributed by atoms with Crippen molar-refractivity contribution < 1.29 is 32.9 Å². The number of hydrogen-bond acceptors (Lipinski definition) is 7. The van der Waals surface area contributed by atoms with Gasteiger partial charge in [-0.05, 0) is 6.92 Å². The molecule has 0 saturated heterocycles. The van der Waals surface area contributed by atoms with Crippen molar-refractivity contribution in [1.82, 2.24) is 0 Å². The summed E-state index contributed by atoms with van der Waals surface area (Å²) in [6.07, 6.45) is -1.12. The number of carbonyl (C=O) groups is 2. The van der Waals surface area contributed by atoms with Crippen molar-refractivity contribution >= 4 is 20.2 Å². The molecule has 0 rings (SSSR count). The molecule has 0 aromatic heterocycles. The largest absolute Gasteiger partial charge is 0.509 e. The predicted molar refractivity (Wildman–Crippen MR) is 49.9 cm³/mol. The van der Waals surface area contributed by atoms with Gasteiger partial charge in [-0.1, -0.05) is 0 Å². The summed E-state index contributed by atoms with van der Waals surface area (Å²) in [6, 6.07) is 0. The van der Waals surface area contributed by atoms with Crippen LogP contribution in [0, 0.1) is 0 Å². The predicted octanol–water partition coefficient (Wildman–Crippen LogP) is 0.780. The Morgan fingerprint density at radius 3 is 2.27 bits per heavy atom. The first kappa shape index (κ1) is 13.9. The molecule has 0 aromatic carbocycles. The maximum Gasteiger partial charge on any atom is 0.509 e. The highest BCUT2D eigenvalue weighted by Gasteiger charge is 2.31. The maximum atomic E-state index is 11.3. The quantitative estimate of drug-likeness (QED) is 0.518. The van der Waals surface area contributed by atoms with E-state index in [1.54, 1.807) is 6.92 Å². The summed E-state index contributed by atoms with van der Waals surface area (Å²) in [6.45, 7) is 1.73. The van der Waals surface area contributed by atoms with Crippen molar-refractivity contribution in [2.75, 3.05) is 20.8 Å². The third-order valence-corrected chi connectivity index (χ3v) is 2.65. The Bertz CT molecular complexity index is 252. The molecule has 0 saturated carbocycles. The van der Waals surface area contributed by atoms with E-state index in [1.165, 1.54) is 0 Å². The van der Waals surface area contributed by atoms with Crippen LogP contribution in [0.15, 0.2) is 0 Å². The second-order valence-electron chi connectivity index (χ2n) is 2.23. The first-order valence-electron chi connectivity index (χ1n) is 4.05. The fourth-order valence-electron chi connectivity index (χ4n) is 0.662. The molecule has 0 fully saturated rings. The molecule has 0 spiro atoms. The van der Waals surface area contributed by atoms with Gasteiger partial charge in [0.2, 0.25) is 8.03 Å². The van der Waals surface area contributed by atoms with E-state index in [4.69, 9.17) is 0 Å². The number of carbonyl (C=O) groups excluding carboxylic acids is 2. The van der Waals surface area contributed by atoms with Crippen molar-refractivity contribution in [3.63, 3.8) is 0 Å². The Morgan fingerprint density at radius 1 is 1.27 bits per heavy atom. The molecule has 0 amide bonds. The van der Waals surface area contributed by atoms with Crippen molar-refractivity contribution in [2.45, 2.75) is 12.8 Å². The molecule has 0 aliphatic carbocycles. The number of ether oxygens (including phenoxy) is 3. The van der Waals surface area contributed by atoms with Gasteiger partial charge in [0, 0.05) is 0 Å². The molecule has 2 atom stereocenters. The molecule has 2 unspecified atom stereocenters. The fraction of sp³-hybridized carbons (Fsp3) is 0.714. The first-order chi connectivity index (χ1) is 7.06. The summed E-state index contributed by atoms with van der Waals surface area (Å²) in [5.41, 5.74) is 0. The average Bonchev–Trinajstić information content (AvgIpc) is 2.24. The van der Waals surface area contributed by atoms with Crippen LogP contribution in [0.2, 0.25) is 0 Å². The molecule has 88 valence electrons. The van der Waals surface area contributed by atoms with Gasteiger partial charge < -0.3 is 18.7 Å². The third kappa shape index (κ3) is 4.80. The molecule has 0 bridgehead atoms. The van der Waals surface area contributed by atoms with E-state index < -0.39 is 26.0 Å². The van der Waals surface area contributed by atoms with Gasteiger partial charge in [0.1, 0.15) is 0 Å². The summed E-state index contributed by atoms with van der Waals surface area (Å²) < 4.78 is 28.9. The van der Waals surface area contributed by atoms with Crippen LogP contribution in [0.5, 0.6) is 0 Å². The molecule has 0 N–H and O–H groups in total. The van der Waals surface area contributed by atoms with Gasteiger partial charge in [0.05, 0.1) is 20.8 Å². The van der Waals surface area contributed by atoms with E-state index in [9.17, 15) is 14.2 Å². The van der Waals surface area contributed by atoms with Crippen molar-refractivity contribution in [3.05, 3.63) is 0 Å². The van der Waals surface area contributed by atoms with E-state index in [0.717, 1.165) is 14.2 Å². The molecule has 15 heavy (non-hydrogen) atoms. The van der Waals surface area contributed by atoms with Crippen molar-refractivity contribution in [3.8, 4) is 0 Å². The highest BCUT2D eigenvalue weighted by molar-refractivity contribution is 7.41. The highest BCUT2D eigenvalue weighted by Crippen LogP contribution is 2.31. The van der Waals surface area contributed by atoms with Crippen LogP contribution in [0.1, 0.15) is 6.92 Å². The average molecular weight is 240 g/mol. The van der Waals surface area contributed by atoms with E-state index in [-0.39, 0.29) is 6.61 Å². The van der Waals surface area contributed by atoms with Gasteiger partial charge in [-0.15, -0.1) is 0 Å². The molecule has 8 heteroatoms. The van der Waals surface area contributed by atoms with Gasteiger partial charge in [-0.2, -0.15) is 0 Å². The molecular weight excluding hydrogens is 227 g/mol. The van der Waals surface area contributed by atoms with Crippen LogP contribution in [0.25, 0.3) is 0 Å². The number of esters is 1. The van der Waals surface area contributed by atoms with Crippen LogP contribution in [-0.2, 0) is 28.1 Å². The highest BCUT2D eigenvalue weighted by atomic mass is 31.1. The molecule has 0 aliphatic heterocycles. The van der Waals surface area contributed by atoms with Gasteiger partial charge in [0.15, 0.2) is 0 Å². The lowest BCUT2D eigenvalue weighted by atomic mass is 10.7. The Kier molecular flexibility index (Phi) is 6.73. The summed E-state index contributed by atoms with van der Waals surface area (Å²) in [4.78, 5) is 21.8. The Labute approximate surface area is 87.5 Å². The van der Waals surface area contributed by atoms with E-state index in [2.05, 4.69) is 18.7 Å². The zero-order chi connectivity index (χ0) is 11.8. The zero-order valence-electron chi connectivity index (χ0n) is 8.64. The lowest BCUT2D eigenvalue weighted by Crippen LogP contribution is -2.25. The lowest BCUT2D eigenvalue weighted by Gasteiger charge is -2.13. The second kappa shape index (κ2) is 7.25. The number of rotatable bonds is 5. The lowest BCUT2D eigenvalue weighted by molar-refractivity contribution is -0.147. The second-order valence-corrected chi connectivity index (χ2v) is 3.68. The minimum Gasteiger partial charge on any atom is -0.466 e. The molecule has 0 aliphatic rings. The Balaban J connectivity index is 4.50. The van der Waals surface area contributed by atoms with Crippen LogP contribution < -0.4 is 0 Å². The zero-order valence-corrected chi connectivity index (χ0v) is 9.64. The van der Waals surface area contributed by atoms with Crippen LogP contribution in [0.4, 0.5) is 4.79 Å². The van der Waals surface area contributed by atoms with Gasteiger partial charge >= 0.3 is 12.1 Å². The Hall–Kier alpha value is -1.07. The molecule has 0 aromatic rings. The van der Waals surface area contributed by atoms with E-state index in [1.807, 2.05) is 0 Å². The third-order valence-electron chi connectivity index (χ3n) is 1.30. The van der Waals surface area contributed by atoms with Gasteiger partial charge in [-0.3, -0.25) is 4.57 Å². The van der Waals surface area contributed by atoms with E-state index in [0.29, 0.717) is 0 Å². The molecule has 0 radical (unpaired) electrons. The normalized spacial score (nSPS) is 13.8. The summed E-state index contributed by atoms with van der Waals surface area (Å²) >= 11 is 0. The minimum absolute atomic E-state index is 0.135. The smallest absolute Gasteiger partial charge is 0.466 e. The van der Waals surface area contributed by atoms with Crippen LogP contribution >= 0.6 is 8.03 Å². The standard InChI is InChI=1S/C7H13O7P/c1-4-13-15(10)6(5(8)11-2)14-7(9)12-3/h6,15H,4H2,1-3H3. The van der Waals surface area contributed by atoms with Crippen molar-refractivity contribution in [1.29, 1.82) is 0 Å². The minimum atomic E-state index is -2.84. The Morgan fingerprint density at radius 2 is 1.87 bits per heavy atom. The van der Waals surface area contributed by atoms with Crippen molar-refractivity contribution in [2.24, 2.45) is 0 Å². The topological polar surface area (TPSA) is 88.1 Å². The molecule has 7 nitrogen and oxygen atoms in total. The number of hydrogen-bond donors (Lipinski definition) is 0. The van der Waals surface area contributed by atoms with Gasteiger partial charge in [-0.25, -0.2) is 9.59 Å². The number of methoxy groups -OCH3 is 2.